The molecule has 2 heterocycles. The van der Waals surface area contributed by atoms with E-state index in [2.05, 4.69) is 4.90 Å². The molecule has 0 amide bonds. The molecule has 0 saturated carbocycles. The van der Waals surface area contributed by atoms with Crippen LogP contribution in [0.1, 0.15) is 32.6 Å². The smallest absolute Gasteiger partial charge is 0.0632 e. The maximum atomic E-state index is 9.96. The Morgan fingerprint density at radius 2 is 2.21 bits per heavy atom. The van der Waals surface area contributed by atoms with Crippen LogP contribution in [-0.4, -0.2) is 48.0 Å². The van der Waals surface area contributed by atoms with Gasteiger partial charge in [0, 0.05) is 19.2 Å². The van der Waals surface area contributed by atoms with Crippen molar-refractivity contribution in [3.63, 3.8) is 0 Å². The monoisotopic (exact) mass is 199 g/mol. The lowest BCUT2D eigenvalue weighted by atomic mass is 9.98. The Morgan fingerprint density at radius 3 is 2.93 bits per heavy atom. The second-order valence-electron chi connectivity index (χ2n) is 4.90. The number of hydrogen-bond acceptors (Lipinski definition) is 3. The zero-order chi connectivity index (χ0) is 10.0. The van der Waals surface area contributed by atoms with Crippen molar-refractivity contribution in [2.45, 2.75) is 44.2 Å². The fourth-order valence-electron chi connectivity index (χ4n) is 2.46. The van der Waals surface area contributed by atoms with Crippen LogP contribution in [0.2, 0.25) is 0 Å². The van der Waals surface area contributed by atoms with Gasteiger partial charge in [0.2, 0.25) is 0 Å². The SMILES string of the molecule is CC1(O)CCCN(C2CCOC2)CC1. The minimum Gasteiger partial charge on any atom is -0.390 e. The Balaban J connectivity index is 1.88. The molecule has 2 aliphatic heterocycles. The second-order valence-corrected chi connectivity index (χ2v) is 4.90. The Labute approximate surface area is 86.0 Å². The van der Waals surface area contributed by atoms with Gasteiger partial charge in [0.15, 0.2) is 0 Å². The molecule has 0 radical (unpaired) electrons. The fraction of sp³-hybridized carbons (Fsp3) is 1.00. The molecule has 0 aromatic rings. The first-order chi connectivity index (χ1) is 6.67. The molecular weight excluding hydrogens is 178 g/mol. The first-order valence-electron chi connectivity index (χ1n) is 5.72. The molecule has 3 heteroatoms. The molecule has 0 spiro atoms. The van der Waals surface area contributed by atoms with Crippen LogP contribution in [0.5, 0.6) is 0 Å². The number of nitrogens with zero attached hydrogens (tertiary/aromatic N) is 1. The van der Waals surface area contributed by atoms with Gasteiger partial charge in [-0.15, -0.1) is 0 Å². The van der Waals surface area contributed by atoms with Crippen molar-refractivity contribution >= 4 is 0 Å². The molecule has 2 atom stereocenters. The summed E-state index contributed by atoms with van der Waals surface area (Å²) in [6.07, 6.45) is 4.13. The normalized spacial score (nSPS) is 41.1. The topological polar surface area (TPSA) is 32.7 Å². The molecular formula is C11H21NO2. The number of aliphatic hydroxyl groups is 1. The predicted octanol–water partition coefficient (Wildman–Crippen LogP) is 1.01. The van der Waals surface area contributed by atoms with Crippen LogP contribution < -0.4 is 0 Å². The number of likely N-dealkylation sites (tertiary alicyclic amines) is 1. The van der Waals surface area contributed by atoms with E-state index < -0.39 is 5.60 Å². The van der Waals surface area contributed by atoms with E-state index in [4.69, 9.17) is 4.74 Å². The third-order valence-electron chi connectivity index (χ3n) is 3.52. The van der Waals surface area contributed by atoms with Gasteiger partial charge in [-0.25, -0.2) is 0 Å². The summed E-state index contributed by atoms with van der Waals surface area (Å²) in [5.41, 5.74) is -0.436. The van der Waals surface area contributed by atoms with Crippen molar-refractivity contribution < 1.29 is 9.84 Å². The van der Waals surface area contributed by atoms with Crippen molar-refractivity contribution in [1.29, 1.82) is 0 Å². The van der Waals surface area contributed by atoms with Gasteiger partial charge < -0.3 is 9.84 Å². The van der Waals surface area contributed by atoms with Crippen molar-refractivity contribution in [2.24, 2.45) is 0 Å². The van der Waals surface area contributed by atoms with Gasteiger partial charge >= 0.3 is 0 Å². The van der Waals surface area contributed by atoms with Crippen LogP contribution in [-0.2, 0) is 4.74 Å². The van der Waals surface area contributed by atoms with Gasteiger partial charge in [-0.3, -0.25) is 4.90 Å². The Bertz CT molecular complexity index is 188. The lowest BCUT2D eigenvalue weighted by molar-refractivity contribution is 0.0426. The molecule has 0 aromatic carbocycles. The van der Waals surface area contributed by atoms with Crippen LogP contribution >= 0.6 is 0 Å². The maximum Gasteiger partial charge on any atom is 0.0632 e. The number of rotatable bonds is 1. The minimum atomic E-state index is -0.436. The maximum absolute atomic E-state index is 9.96. The van der Waals surface area contributed by atoms with Gasteiger partial charge in [-0.2, -0.15) is 0 Å². The van der Waals surface area contributed by atoms with E-state index >= 15 is 0 Å². The van der Waals surface area contributed by atoms with Crippen LogP contribution in [0.25, 0.3) is 0 Å². The van der Waals surface area contributed by atoms with Crippen molar-refractivity contribution in [1.82, 2.24) is 4.90 Å². The lowest BCUT2D eigenvalue weighted by Crippen LogP contribution is -2.37. The molecule has 3 nitrogen and oxygen atoms in total. The quantitative estimate of drug-likeness (QED) is 0.684. The molecule has 2 aliphatic rings. The molecule has 0 bridgehead atoms. The summed E-state index contributed by atoms with van der Waals surface area (Å²) in [5.74, 6) is 0. The van der Waals surface area contributed by atoms with E-state index in [1.54, 1.807) is 0 Å². The average Bonchev–Trinajstić information content (AvgIpc) is 2.58. The number of hydrogen-bond donors (Lipinski definition) is 1. The second kappa shape index (κ2) is 4.17. The van der Waals surface area contributed by atoms with Gasteiger partial charge in [0.25, 0.3) is 0 Å². The number of ether oxygens (including phenoxy) is 1. The summed E-state index contributed by atoms with van der Waals surface area (Å²) in [6, 6.07) is 0.615. The third-order valence-corrected chi connectivity index (χ3v) is 3.52. The standard InChI is InChI=1S/C11H21NO2/c1-11(13)4-2-6-12(7-5-11)10-3-8-14-9-10/h10,13H,2-9H2,1H3. The zero-order valence-corrected chi connectivity index (χ0v) is 9.04. The molecule has 2 unspecified atom stereocenters. The summed E-state index contributed by atoms with van der Waals surface area (Å²) in [4.78, 5) is 2.49. The van der Waals surface area contributed by atoms with Crippen molar-refractivity contribution in [3.8, 4) is 0 Å². The van der Waals surface area contributed by atoms with E-state index in [1.165, 1.54) is 6.42 Å². The predicted molar refractivity (Wildman–Crippen MR) is 55.3 cm³/mol. The van der Waals surface area contributed by atoms with E-state index in [1.807, 2.05) is 6.92 Å². The highest BCUT2D eigenvalue weighted by Crippen LogP contribution is 2.24. The molecule has 14 heavy (non-hydrogen) atoms. The molecule has 82 valence electrons. The van der Waals surface area contributed by atoms with Crippen LogP contribution in [0, 0.1) is 0 Å². The Morgan fingerprint density at radius 1 is 1.36 bits per heavy atom. The van der Waals surface area contributed by atoms with Gasteiger partial charge in [0.1, 0.15) is 0 Å². The lowest BCUT2D eigenvalue weighted by Gasteiger charge is -2.26. The van der Waals surface area contributed by atoms with Crippen LogP contribution in [0.15, 0.2) is 0 Å². The highest BCUT2D eigenvalue weighted by molar-refractivity contribution is 4.83. The fourth-order valence-corrected chi connectivity index (χ4v) is 2.46. The van der Waals surface area contributed by atoms with Crippen molar-refractivity contribution in [2.75, 3.05) is 26.3 Å². The minimum absolute atomic E-state index is 0.436. The molecule has 2 rings (SSSR count). The van der Waals surface area contributed by atoms with Crippen LogP contribution in [0.3, 0.4) is 0 Å². The van der Waals surface area contributed by atoms with E-state index in [9.17, 15) is 5.11 Å². The van der Waals surface area contributed by atoms with Gasteiger partial charge in [-0.1, -0.05) is 0 Å². The molecule has 2 fully saturated rings. The van der Waals surface area contributed by atoms with E-state index in [0.29, 0.717) is 6.04 Å². The van der Waals surface area contributed by atoms with Crippen molar-refractivity contribution in [3.05, 3.63) is 0 Å². The molecule has 1 N–H and O–H groups in total. The highest BCUT2D eigenvalue weighted by atomic mass is 16.5. The summed E-state index contributed by atoms with van der Waals surface area (Å²) in [7, 11) is 0. The summed E-state index contributed by atoms with van der Waals surface area (Å²) < 4.78 is 5.40. The first kappa shape index (κ1) is 10.4. The molecule has 0 aromatic heterocycles. The van der Waals surface area contributed by atoms with E-state index in [-0.39, 0.29) is 0 Å². The molecule has 2 saturated heterocycles. The summed E-state index contributed by atoms with van der Waals surface area (Å²) in [5, 5.41) is 9.96. The average molecular weight is 199 g/mol. The Hall–Kier alpha value is -0.120. The van der Waals surface area contributed by atoms with Crippen LogP contribution in [0.4, 0.5) is 0 Å². The largest absolute Gasteiger partial charge is 0.390 e. The summed E-state index contributed by atoms with van der Waals surface area (Å²) in [6.45, 7) is 5.92. The first-order valence-corrected chi connectivity index (χ1v) is 5.72. The Kier molecular flexibility index (Phi) is 3.10. The van der Waals surface area contributed by atoms with E-state index in [0.717, 1.165) is 45.6 Å². The summed E-state index contributed by atoms with van der Waals surface area (Å²) >= 11 is 0. The zero-order valence-electron chi connectivity index (χ0n) is 9.04. The van der Waals surface area contributed by atoms with Gasteiger partial charge in [-0.05, 0) is 39.2 Å². The van der Waals surface area contributed by atoms with Gasteiger partial charge in [0.05, 0.1) is 12.2 Å². The molecule has 0 aliphatic carbocycles. The highest BCUT2D eigenvalue weighted by Gasteiger charge is 2.29. The third kappa shape index (κ3) is 2.47.